The van der Waals surface area contributed by atoms with E-state index in [1.165, 1.54) is 19.3 Å². The van der Waals surface area contributed by atoms with Crippen LogP contribution >= 0.6 is 0 Å². The van der Waals surface area contributed by atoms with E-state index in [0.717, 1.165) is 19.0 Å². The van der Waals surface area contributed by atoms with Crippen molar-refractivity contribution >= 4 is 0 Å². The second kappa shape index (κ2) is 4.62. The minimum atomic E-state index is 0.424. The summed E-state index contributed by atoms with van der Waals surface area (Å²) in [5, 5.41) is 11.7. The molecule has 0 aliphatic heterocycles. The molecule has 0 aromatic carbocycles. The van der Waals surface area contributed by atoms with Crippen LogP contribution in [-0.2, 0) is 0 Å². The minimum Gasteiger partial charge on any atom is -0.315 e. The summed E-state index contributed by atoms with van der Waals surface area (Å²) in [6.07, 6.45) is 4.83. The third-order valence-corrected chi connectivity index (χ3v) is 3.20. The molecule has 0 bridgehead atoms. The van der Waals surface area contributed by atoms with E-state index in [4.69, 9.17) is 5.26 Å². The van der Waals surface area contributed by atoms with Crippen LogP contribution in [0.1, 0.15) is 39.5 Å². The Morgan fingerprint density at radius 2 is 2.15 bits per heavy atom. The van der Waals surface area contributed by atoms with E-state index in [-0.39, 0.29) is 0 Å². The smallest absolute Gasteiger partial charge is 0.0635 e. The van der Waals surface area contributed by atoms with Gasteiger partial charge in [-0.3, -0.25) is 0 Å². The molecule has 1 rings (SSSR count). The lowest BCUT2D eigenvalue weighted by Crippen LogP contribution is -2.39. The molecule has 1 aliphatic rings. The van der Waals surface area contributed by atoms with Gasteiger partial charge in [0.15, 0.2) is 0 Å². The summed E-state index contributed by atoms with van der Waals surface area (Å²) in [6.45, 7) is 6.55. The maximum Gasteiger partial charge on any atom is 0.0635 e. The van der Waals surface area contributed by atoms with Crippen molar-refractivity contribution in [2.75, 3.05) is 13.1 Å². The number of nitrogens with zero attached hydrogens (tertiary/aromatic N) is 1. The highest BCUT2D eigenvalue weighted by Gasteiger charge is 2.33. The normalized spacial score (nSPS) is 17.9. The molecule has 0 amide bonds. The Kier molecular flexibility index (Phi) is 3.74. The second-order valence-electron chi connectivity index (χ2n) is 4.70. The van der Waals surface area contributed by atoms with Gasteiger partial charge in [-0.2, -0.15) is 5.26 Å². The van der Waals surface area contributed by atoms with E-state index in [0.29, 0.717) is 11.8 Å². The van der Waals surface area contributed by atoms with Crippen LogP contribution in [0.25, 0.3) is 0 Å². The maximum atomic E-state index is 8.37. The average Bonchev–Trinajstić information content (AvgIpc) is 1.93. The lowest BCUT2D eigenvalue weighted by atomic mass is 9.67. The predicted molar refractivity (Wildman–Crippen MR) is 54.2 cm³/mol. The Morgan fingerprint density at radius 1 is 1.46 bits per heavy atom. The third kappa shape index (κ3) is 3.00. The van der Waals surface area contributed by atoms with E-state index in [9.17, 15) is 0 Å². The number of hydrogen-bond donors (Lipinski definition) is 1. The summed E-state index contributed by atoms with van der Waals surface area (Å²) in [5.74, 6) is 0.905. The van der Waals surface area contributed by atoms with E-state index in [1.807, 2.05) is 0 Å². The van der Waals surface area contributed by atoms with Crippen LogP contribution in [0.15, 0.2) is 0 Å². The minimum absolute atomic E-state index is 0.424. The van der Waals surface area contributed by atoms with E-state index < -0.39 is 0 Å². The molecule has 74 valence electrons. The lowest BCUT2D eigenvalue weighted by molar-refractivity contribution is 0.119. The standard InChI is InChI=1S/C11H20N2/c1-11(2,10-5-3-6-10)9-13-8-4-7-12/h10,13H,3-6,8-9H2,1-2H3. The van der Waals surface area contributed by atoms with Crippen LogP contribution in [0.3, 0.4) is 0 Å². The van der Waals surface area contributed by atoms with Gasteiger partial charge in [0.05, 0.1) is 6.07 Å². The quantitative estimate of drug-likeness (QED) is 0.659. The molecule has 0 unspecified atom stereocenters. The molecule has 1 saturated carbocycles. The van der Waals surface area contributed by atoms with Gasteiger partial charge in [-0.15, -0.1) is 0 Å². The molecular weight excluding hydrogens is 160 g/mol. The summed E-state index contributed by atoms with van der Waals surface area (Å²) in [6, 6.07) is 2.15. The Bertz CT molecular complexity index is 187. The summed E-state index contributed by atoms with van der Waals surface area (Å²) >= 11 is 0. The largest absolute Gasteiger partial charge is 0.315 e. The van der Waals surface area contributed by atoms with Crippen molar-refractivity contribution < 1.29 is 0 Å². The molecule has 0 aromatic rings. The van der Waals surface area contributed by atoms with Gasteiger partial charge in [0.25, 0.3) is 0 Å². The first-order chi connectivity index (χ1) is 6.17. The highest BCUT2D eigenvalue weighted by atomic mass is 14.9. The molecule has 0 aromatic heterocycles. The second-order valence-corrected chi connectivity index (χ2v) is 4.70. The first-order valence-corrected chi connectivity index (χ1v) is 5.24. The zero-order chi connectivity index (χ0) is 9.73. The van der Waals surface area contributed by atoms with Crippen LogP contribution in [0.4, 0.5) is 0 Å². The lowest BCUT2D eigenvalue weighted by Gasteiger charge is -2.40. The van der Waals surface area contributed by atoms with E-state index in [1.54, 1.807) is 0 Å². The number of nitrogens with one attached hydrogen (secondary N) is 1. The Balaban J connectivity index is 2.14. The highest BCUT2D eigenvalue weighted by molar-refractivity contribution is 4.86. The molecule has 2 heteroatoms. The highest BCUT2D eigenvalue weighted by Crippen LogP contribution is 2.40. The average molecular weight is 180 g/mol. The fourth-order valence-corrected chi connectivity index (χ4v) is 1.89. The van der Waals surface area contributed by atoms with E-state index >= 15 is 0 Å². The van der Waals surface area contributed by atoms with Gasteiger partial charge in [0.1, 0.15) is 0 Å². The van der Waals surface area contributed by atoms with Gasteiger partial charge in [-0.1, -0.05) is 20.3 Å². The van der Waals surface area contributed by atoms with Gasteiger partial charge < -0.3 is 5.32 Å². The Morgan fingerprint density at radius 3 is 2.62 bits per heavy atom. The third-order valence-electron chi connectivity index (χ3n) is 3.20. The van der Waals surface area contributed by atoms with Gasteiger partial charge in [-0.05, 0) is 24.2 Å². The van der Waals surface area contributed by atoms with Crippen LogP contribution in [0, 0.1) is 22.7 Å². The van der Waals surface area contributed by atoms with Crippen molar-refractivity contribution in [3.05, 3.63) is 0 Å². The van der Waals surface area contributed by atoms with Gasteiger partial charge in [-0.25, -0.2) is 0 Å². The van der Waals surface area contributed by atoms with Gasteiger partial charge in [0.2, 0.25) is 0 Å². The fraction of sp³-hybridized carbons (Fsp3) is 0.909. The van der Waals surface area contributed by atoms with E-state index in [2.05, 4.69) is 25.2 Å². The molecule has 0 saturated heterocycles. The van der Waals surface area contributed by atoms with Crippen molar-refractivity contribution in [2.45, 2.75) is 39.5 Å². The van der Waals surface area contributed by atoms with Crippen LogP contribution < -0.4 is 5.32 Å². The zero-order valence-electron chi connectivity index (χ0n) is 8.77. The summed E-state index contributed by atoms with van der Waals surface area (Å²) in [4.78, 5) is 0. The van der Waals surface area contributed by atoms with Crippen LogP contribution in [0.5, 0.6) is 0 Å². The molecule has 0 atom stereocenters. The first kappa shape index (κ1) is 10.5. The van der Waals surface area contributed by atoms with Crippen molar-refractivity contribution in [2.24, 2.45) is 11.3 Å². The molecule has 0 heterocycles. The predicted octanol–water partition coefficient (Wildman–Crippen LogP) is 2.32. The molecule has 13 heavy (non-hydrogen) atoms. The van der Waals surface area contributed by atoms with Crippen molar-refractivity contribution in [1.29, 1.82) is 5.26 Å². The maximum absolute atomic E-state index is 8.37. The molecule has 0 radical (unpaired) electrons. The number of hydrogen-bond acceptors (Lipinski definition) is 2. The summed E-state index contributed by atoms with van der Waals surface area (Å²) < 4.78 is 0. The first-order valence-electron chi connectivity index (χ1n) is 5.24. The fourth-order valence-electron chi connectivity index (χ4n) is 1.89. The SMILES string of the molecule is CC(C)(CNCCC#N)C1CCC1. The molecule has 1 fully saturated rings. The molecule has 1 aliphatic carbocycles. The Labute approximate surface area is 81.3 Å². The van der Waals surface area contributed by atoms with Gasteiger partial charge >= 0.3 is 0 Å². The summed E-state index contributed by atoms with van der Waals surface area (Å²) in [5.41, 5.74) is 0.424. The zero-order valence-corrected chi connectivity index (χ0v) is 8.77. The van der Waals surface area contributed by atoms with Crippen LogP contribution in [0.2, 0.25) is 0 Å². The monoisotopic (exact) mass is 180 g/mol. The Hall–Kier alpha value is -0.550. The molecule has 2 nitrogen and oxygen atoms in total. The van der Waals surface area contributed by atoms with Gasteiger partial charge in [0, 0.05) is 19.5 Å². The van der Waals surface area contributed by atoms with Crippen molar-refractivity contribution in [3.63, 3.8) is 0 Å². The molecule has 0 spiro atoms. The molecular formula is C11H20N2. The van der Waals surface area contributed by atoms with Crippen molar-refractivity contribution in [1.82, 2.24) is 5.32 Å². The van der Waals surface area contributed by atoms with Crippen LogP contribution in [-0.4, -0.2) is 13.1 Å². The molecule has 1 N–H and O–H groups in total. The summed E-state index contributed by atoms with van der Waals surface area (Å²) in [7, 11) is 0. The number of rotatable bonds is 5. The van der Waals surface area contributed by atoms with Crippen molar-refractivity contribution in [3.8, 4) is 6.07 Å². The number of nitriles is 1. The topological polar surface area (TPSA) is 35.8 Å².